The highest BCUT2D eigenvalue weighted by molar-refractivity contribution is 9.10. The first-order chi connectivity index (χ1) is 15.8. The van der Waals surface area contributed by atoms with Gasteiger partial charge < -0.3 is 0 Å². The summed E-state index contributed by atoms with van der Waals surface area (Å²) in [6.45, 7) is 0. The SMILES string of the molecule is O=C1[C@H]2[C@@H](ON(c3ccccc3)[C@H]2c2cccc(Br)c2)C(=O)N1c1cccc(C(F)(F)F)c1. The number of nitrogens with zero attached hydrogens (tertiary/aromatic N) is 2. The number of hydrogen-bond donors (Lipinski definition) is 0. The maximum Gasteiger partial charge on any atom is 0.416 e. The number of anilines is 2. The van der Waals surface area contributed by atoms with Gasteiger partial charge in [-0.25, -0.2) is 9.96 Å². The summed E-state index contributed by atoms with van der Waals surface area (Å²) in [7, 11) is 0. The van der Waals surface area contributed by atoms with Crippen LogP contribution in [0, 0.1) is 5.92 Å². The van der Waals surface area contributed by atoms with Crippen LogP contribution in [0.1, 0.15) is 17.2 Å². The van der Waals surface area contributed by atoms with Crippen LogP contribution in [-0.4, -0.2) is 17.9 Å². The first-order valence-corrected chi connectivity index (χ1v) is 10.9. The molecule has 0 aliphatic carbocycles. The van der Waals surface area contributed by atoms with Crippen molar-refractivity contribution in [1.82, 2.24) is 0 Å². The number of imide groups is 1. The zero-order valence-corrected chi connectivity index (χ0v) is 18.5. The van der Waals surface area contributed by atoms with Crippen LogP contribution in [0.3, 0.4) is 0 Å². The van der Waals surface area contributed by atoms with E-state index in [1.807, 2.05) is 42.5 Å². The molecule has 5 rings (SSSR count). The molecule has 2 aliphatic heterocycles. The van der Waals surface area contributed by atoms with Gasteiger partial charge in [0, 0.05) is 4.47 Å². The lowest BCUT2D eigenvalue weighted by atomic mass is 9.90. The lowest BCUT2D eigenvalue weighted by molar-refractivity contribution is -0.137. The number of rotatable bonds is 3. The molecular formula is C24H16BrF3N2O3. The van der Waals surface area contributed by atoms with E-state index in [4.69, 9.17) is 4.84 Å². The van der Waals surface area contributed by atoms with Crippen LogP contribution in [0.2, 0.25) is 0 Å². The number of halogens is 4. The van der Waals surface area contributed by atoms with E-state index in [2.05, 4.69) is 15.9 Å². The van der Waals surface area contributed by atoms with Gasteiger partial charge in [0.15, 0.2) is 6.10 Å². The molecule has 0 saturated carbocycles. The fourth-order valence-corrected chi connectivity index (χ4v) is 4.74. The Morgan fingerprint density at radius 3 is 2.21 bits per heavy atom. The normalized spacial score (nSPS) is 22.7. The van der Waals surface area contributed by atoms with Crippen molar-refractivity contribution in [2.45, 2.75) is 18.3 Å². The second kappa shape index (κ2) is 8.00. The van der Waals surface area contributed by atoms with Crippen molar-refractivity contribution in [2.24, 2.45) is 5.92 Å². The zero-order chi connectivity index (χ0) is 23.3. The van der Waals surface area contributed by atoms with Gasteiger partial charge in [0.2, 0.25) is 5.91 Å². The highest BCUT2D eigenvalue weighted by Gasteiger charge is 2.60. The summed E-state index contributed by atoms with van der Waals surface area (Å²) in [6.07, 6.45) is -5.76. The number of hydrogen-bond acceptors (Lipinski definition) is 4. The Morgan fingerprint density at radius 1 is 0.818 bits per heavy atom. The Morgan fingerprint density at radius 2 is 1.52 bits per heavy atom. The zero-order valence-electron chi connectivity index (χ0n) is 16.9. The van der Waals surface area contributed by atoms with Crippen LogP contribution < -0.4 is 9.96 Å². The monoisotopic (exact) mass is 516 g/mol. The van der Waals surface area contributed by atoms with Crippen LogP contribution in [0.4, 0.5) is 24.5 Å². The highest BCUT2D eigenvalue weighted by Crippen LogP contribution is 2.48. The predicted octanol–water partition coefficient (Wildman–Crippen LogP) is 5.52. The van der Waals surface area contributed by atoms with E-state index in [0.29, 0.717) is 5.69 Å². The van der Waals surface area contributed by atoms with Gasteiger partial charge in [-0.15, -0.1) is 0 Å². The molecule has 0 radical (unpaired) electrons. The molecule has 2 heterocycles. The molecular weight excluding hydrogens is 501 g/mol. The molecule has 3 atom stereocenters. The molecule has 2 saturated heterocycles. The molecule has 33 heavy (non-hydrogen) atoms. The summed E-state index contributed by atoms with van der Waals surface area (Å²) in [5, 5.41) is 1.54. The van der Waals surface area contributed by atoms with Crippen LogP contribution in [0.15, 0.2) is 83.3 Å². The maximum absolute atomic E-state index is 13.5. The van der Waals surface area contributed by atoms with Crippen molar-refractivity contribution in [3.05, 3.63) is 94.5 Å². The Hall–Kier alpha value is -3.17. The van der Waals surface area contributed by atoms with E-state index in [1.54, 1.807) is 12.1 Å². The molecule has 0 spiro atoms. The minimum atomic E-state index is -4.60. The van der Waals surface area contributed by atoms with Crippen molar-refractivity contribution < 1.29 is 27.6 Å². The summed E-state index contributed by atoms with van der Waals surface area (Å²) in [6, 6.07) is 19.9. The third kappa shape index (κ3) is 3.71. The Balaban J connectivity index is 1.58. The van der Waals surface area contributed by atoms with Crippen molar-refractivity contribution >= 4 is 39.1 Å². The lowest BCUT2D eigenvalue weighted by Gasteiger charge is -2.29. The van der Waals surface area contributed by atoms with Crippen molar-refractivity contribution in [3.63, 3.8) is 0 Å². The van der Waals surface area contributed by atoms with Crippen molar-refractivity contribution in [3.8, 4) is 0 Å². The Kier molecular flexibility index (Phi) is 5.25. The van der Waals surface area contributed by atoms with E-state index in [0.717, 1.165) is 27.1 Å². The molecule has 0 unspecified atom stereocenters. The number of fused-ring (bicyclic) bond motifs is 1. The molecule has 0 N–H and O–H groups in total. The van der Waals surface area contributed by atoms with Crippen molar-refractivity contribution in [1.29, 1.82) is 0 Å². The lowest BCUT2D eigenvalue weighted by Crippen LogP contribution is -2.37. The third-order valence-electron chi connectivity index (χ3n) is 5.75. The molecule has 2 amide bonds. The molecule has 168 valence electrons. The Labute approximate surface area is 195 Å². The average Bonchev–Trinajstić information content (AvgIpc) is 3.30. The summed E-state index contributed by atoms with van der Waals surface area (Å²) in [4.78, 5) is 33.5. The molecule has 3 aromatic carbocycles. The van der Waals surface area contributed by atoms with Crippen LogP contribution in [0.5, 0.6) is 0 Å². The number of para-hydroxylation sites is 1. The van der Waals surface area contributed by atoms with Gasteiger partial charge >= 0.3 is 6.18 Å². The van der Waals surface area contributed by atoms with E-state index >= 15 is 0 Å². The number of carbonyl (C=O) groups excluding carboxylic acids is 2. The molecule has 2 aliphatic rings. The van der Waals surface area contributed by atoms with Crippen LogP contribution in [0.25, 0.3) is 0 Å². The quantitative estimate of drug-likeness (QED) is 0.430. The second-order valence-corrected chi connectivity index (χ2v) is 8.69. The fourth-order valence-electron chi connectivity index (χ4n) is 4.32. The summed E-state index contributed by atoms with van der Waals surface area (Å²) >= 11 is 3.43. The molecule has 9 heteroatoms. The Bertz CT molecular complexity index is 1230. The standard InChI is InChI=1S/C24H16BrF3N2O3/c25-16-8-4-6-14(12-16)20-19-21(33-30(20)17-9-2-1-3-10-17)23(32)29(22(19)31)18-11-5-7-15(13-18)24(26,27)28/h1-13,19-21H/t19-,20+,21-/m1/s1. The van der Waals surface area contributed by atoms with Crippen LogP contribution in [-0.2, 0) is 20.6 Å². The summed E-state index contributed by atoms with van der Waals surface area (Å²) in [5.41, 5.74) is 0.320. The van der Waals surface area contributed by atoms with Gasteiger partial charge in [-0.05, 0) is 48.0 Å². The fraction of sp³-hybridized carbons (Fsp3) is 0.167. The molecule has 0 aromatic heterocycles. The van der Waals surface area contributed by atoms with E-state index in [-0.39, 0.29) is 5.69 Å². The highest BCUT2D eigenvalue weighted by atomic mass is 79.9. The number of alkyl halides is 3. The predicted molar refractivity (Wildman–Crippen MR) is 118 cm³/mol. The van der Waals surface area contributed by atoms with E-state index in [1.165, 1.54) is 17.2 Å². The van der Waals surface area contributed by atoms with Gasteiger partial charge in [0.25, 0.3) is 5.91 Å². The van der Waals surface area contributed by atoms with Crippen LogP contribution >= 0.6 is 15.9 Å². The maximum atomic E-state index is 13.5. The first-order valence-electron chi connectivity index (χ1n) is 10.1. The third-order valence-corrected chi connectivity index (χ3v) is 6.24. The number of amides is 2. The minimum absolute atomic E-state index is 0.128. The summed E-state index contributed by atoms with van der Waals surface area (Å²) < 4.78 is 40.4. The largest absolute Gasteiger partial charge is 0.416 e. The molecule has 3 aromatic rings. The van der Waals surface area contributed by atoms with Gasteiger partial charge in [0.1, 0.15) is 5.92 Å². The molecule has 5 nitrogen and oxygen atoms in total. The van der Waals surface area contributed by atoms with Gasteiger partial charge in [0.05, 0.1) is 23.0 Å². The molecule has 0 bridgehead atoms. The second-order valence-electron chi connectivity index (χ2n) is 7.77. The van der Waals surface area contributed by atoms with Crippen molar-refractivity contribution in [2.75, 3.05) is 9.96 Å². The number of carbonyl (C=O) groups is 2. The molecule has 2 fully saturated rings. The van der Waals surface area contributed by atoms with Gasteiger partial charge in [-0.1, -0.05) is 52.3 Å². The van der Waals surface area contributed by atoms with Gasteiger partial charge in [-0.3, -0.25) is 14.4 Å². The average molecular weight is 517 g/mol. The summed E-state index contributed by atoms with van der Waals surface area (Å²) in [5.74, 6) is -2.22. The topological polar surface area (TPSA) is 49.9 Å². The van der Waals surface area contributed by atoms with E-state index < -0.39 is 41.6 Å². The number of benzene rings is 3. The van der Waals surface area contributed by atoms with E-state index in [9.17, 15) is 22.8 Å². The smallest absolute Gasteiger partial charge is 0.273 e. The minimum Gasteiger partial charge on any atom is -0.273 e. The van der Waals surface area contributed by atoms with Gasteiger partial charge in [-0.2, -0.15) is 13.2 Å². The number of hydroxylamine groups is 1. The first kappa shape index (κ1) is 21.7.